The van der Waals surface area contributed by atoms with Crippen LogP contribution in [0.15, 0.2) is 0 Å². The maximum atomic E-state index is 12.7. The van der Waals surface area contributed by atoms with Gasteiger partial charge in [-0.15, -0.1) is 0 Å². The molecule has 0 spiro atoms. The summed E-state index contributed by atoms with van der Waals surface area (Å²) in [5.74, 6) is -15.9. The average Bonchev–Trinajstić information content (AvgIpc) is 0.840. The molecule has 0 radical (unpaired) electrons. The number of nitrogens with zero attached hydrogens (tertiary/aromatic N) is 13. The molecule has 43 heteroatoms. The molecule has 0 saturated carbocycles. The van der Waals surface area contributed by atoms with Crippen molar-refractivity contribution in [2.45, 2.75) is 64.9 Å². The molecular weight excluding hydrogens is 1390 g/mol. The number of rotatable bonds is 69. The maximum Gasteiger partial charge on any atom is 0.317 e. The fourth-order valence-corrected chi connectivity index (χ4v) is 11.6. The van der Waals surface area contributed by atoms with E-state index in [1.54, 1.807) is 42.4 Å². The highest BCUT2D eigenvalue weighted by Gasteiger charge is 2.35. The lowest BCUT2D eigenvalue weighted by Gasteiger charge is -2.41. The lowest BCUT2D eigenvalue weighted by molar-refractivity contribution is -0.146. The largest absolute Gasteiger partial charge is 0.480 e. The molecule has 0 rings (SSSR count). The van der Waals surface area contributed by atoms with Gasteiger partial charge >= 0.3 is 71.6 Å². The highest BCUT2D eigenvalue weighted by molar-refractivity contribution is 5.74. The molecule has 0 fully saturated rings. The SMILES string of the molecule is CCC(C)(CCN(CCN(CCN(CCN(CCN(CCN(CC(=O)O)CC(=O)O)CCN(CC(=O)O)CC(O)O)CCN(CC(=O)O)CC(C)(C)CN(CC(=O)O)CC(O)O)CCN(CCN(CC(=O)O)CC(O)O)CC(=O)O)CC(=O)O)CCN(CC(=O)O)CC(=O)O)N(CC(=O)O)CC(=O)O. The minimum atomic E-state index is -1.98. The summed E-state index contributed by atoms with van der Waals surface area (Å²) < 4.78 is 0. The Morgan fingerprint density at radius 3 is 0.683 bits per heavy atom. The molecule has 0 amide bonds. The highest BCUT2D eigenvalue weighted by atomic mass is 16.5. The molecule has 602 valence electrons. The molecule has 0 aromatic carbocycles. The van der Waals surface area contributed by atoms with Crippen molar-refractivity contribution < 1.29 is 149 Å². The molecule has 0 bridgehead atoms. The summed E-state index contributed by atoms with van der Waals surface area (Å²) in [6.45, 7) is -3.99. The van der Waals surface area contributed by atoms with Gasteiger partial charge in [0.05, 0.1) is 78.5 Å². The van der Waals surface area contributed by atoms with Gasteiger partial charge in [0.1, 0.15) is 0 Å². The molecule has 0 saturated heterocycles. The average molecular weight is 1510 g/mol. The fraction of sp³-hybridized carbons (Fsp3) is 0.803. The first kappa shape index (κ1) is 96.9. The van der Waals surface area contributed by atoms with E-state index >= 15 is 0 Å². The van der Waals surface area contributed by atoms with Crippen LogP contribution in [0.25, 0.3) is 0 Å². The molecule has 1 unspecified atom stereocenters. The summed E-state index contributed by atoms with van der Waals surface area (Å²) >= 11 is 0. The monoisotopic (exact) mass is 1510 g/mol. The topological polar surface area (TPSA) is 611 Å². The molecule has 0 aliphatic carbocycles. The predicted molar refractivity (Wildman–Crippen MR) is 362 cm³/mol. The number of hydrogen-bond donors (Lipinski definition) is 18. The Morgan fingerprint density at radius 1 is 0.240 bits per heavy atom. The Kier molecular flexibility index (Phi) is 48.4. The fourth-order valence-electron chi connectivity index (χ4n) is 11.6. The smallest absolute Gasteiger partial charge is 0.317 e. The van der Waals surface area contributed by atoms with Gasteiger partial charge < -0.3 is 96.8 Å². The molecule has 0 aliphatic rings. The van der Waals surface area contributed by atoms with E-state index < -0.39 is 200 Å². The van der Waals surface area contributed by atoms with Crippen LogP contribution in [0, 0.1) is 5.41 Å². The molecule has 1 atom stereocenters. The van der Waals surface area contributed by atoms with Gasteiger partial charge in [0.2, 0.25) is 0 Å². The van der Waals surface area contributed by atoms with E-state index in [-0.39, 0.29) is 163 Å². The van der Waals surface area contributed by atoms with E-state index in [1.165, 1.54) is 24.5 Å². The first-order valence-corrected chi connectivity index (χ1v) is 33.5. The van der Waals surface area contributed by atoms with Crippen LogP contribution in [-0.4, -0.2) is 500 Å². The van der Waals surface area contributed by atoms with Crippen molar-refractivity contribution in [1.29, 1.82) is 0 Å². The van der Waals surface area contributed by atoms with Gasteiger partial charge in [-0.2, -0.15) is 0 Å². The van der Waals surface area contributed by atoms with Crippen molar-refractivity contribution in [3.63, 3.8) is 0 Å². The molecule has 18 N–H and O–H groups in total. The van der Waals surface area contributed by atoms with Crippen LogP contribution in [0.2, 0.25) is 0 Å². The molecule has 0 aromatic rings. The van der Waals surface area contributed by atoms with Gasteiger partial charge in [0.25, 0.3) is 0 Å². The van der Waals surface area contributed by atoms with Crippen LogP contribution >= 0.6 is 0 Å². The minimum absolute atomic E-state index is 0.00523. The number of carboxylic acids is 12. The van der Waals surface area contributed by atoms with Gasteiger partial charge in [0.15, 0.2) is 18.9 Å². The van der Waals surface area contributed by atoms with Crippen LogP contribution < -0.4 is 0 Å². The van der Waals surface area contributed by atoms with E-state index in [2.05, 4.69) is 0 Å². The number of aliphatic carboxylic acids is 12. The van der Waals surface area contributed by atoms with Crippen molar-refractivity contribution in [3.05, 3.63) is 0 Å². The maximum absolute atomic E-state index is 12.7. The number of aliphatic hydroxyl groups excluding tert-OH is 3. The summed E-state index contributed by atoms with van der Waals surface area (Å²) in [4.78, 5) is 163. The van der Waals surface area contributed by atoms with Gasteiger partial charge in [-0.05, 0) is 31.7 Å². The molecule has 43 nitrogen and oxygen atoms in total. The number of aliphatic hydroxyl groups is 6. The van der Waals surface area contributed by atoms with Gasteiger partial charge in [-0.25, -0.2) is 0 Å². The lowest BCUT2D eigenvalue weighted by atomic mass is 9.91. The first-order valence-electron chi connectivity index (χ1n) is 33.5. The zero-order chi connectivity index (χ0) is 79.5. The Bertz CT molecular complexity index is 2590. The quantitative estimate of drug-likeness (QED) is 0.0252. The van der Waals surface area contributed by atoms with Crippen LogP contribution in [0.1, 0.15) is 40.5 Å². The summed E-state index contributed by atoms with van der Waals surface area (Å²) in [7, 11) is 0. The Hall–Kier alpha value is -7.12. The van der Waals surface area contributed by atoms with Crippen LogP contribution in [0.3, 0.4) is 0 Å². The van der Waals surface area contributed by atoms with E-state index in [9.17, 15) is 149 Å². The minimum Gasteiger partial charge on any atom is -0.480 e. The zero-order valence-corrected chi connectivity index (χ0v) is 59.8. The third kappa shape index (κ3) is 51.1. The van der Waals surface area contributed by atoms with Gasteiger partial charge in [0, 0.05) is 169 Å². The number of carbonyl (C=O) groups is 12. The molecule has 0 aromatic heterocycles. The summed E-state index contributed by atoms with van der Waals surface area (Å²) in [5, 5.41) is 177. The van der Waals surface area contributed by atoms with Crippen LogP contribution in [0.4, 0.5) is 0 Å². The molecule has 104 heavy (non-hydrogen) atoms. The summed E-state index contributed by atoms with van der Waals surface area (Å²) in [6.07, 6.45) is -5.57. The number of carboxylic acid groups (broad SMARTS) is 12. The normalized spacial score (nSPS) is 13.0. The van der Waals surface area contributed by atoms with E-state index in [4.69, 9.17) is 0 Å². The van der Waals surface area contributed by atoms with Crippen LogP contribution in [0.5, 0.6) is 0 Å². The zero-order valence-electron chi connectivity index (χ0n) is 59.8. The van der Waals surface area contributed by atoms with Crippen molar-refractivity contribution >= 4 is 71.6 Å². The molecule has 0 aliphatic heterocycles. The van der Waals surface area contributed by atoms with E-state index in [0.717, 1.165) is 14.7 Å². The van der Waals surface area contributed by atoms with Crippen molar-refractivity contribution in [1.82, 2.24) is 63.7 Å². The molecule has 0 heterocycles. The summed E-state index contributed by atoms with van der Waals surface area (Å²) in [5.41, 5.74) is -2.04. The second-order valence-corrected chi connectivity index (χ2v) is 26.5. The van der Waals surface area contributed by atoms with Crippen molar-refractivity contribution in [2.75, 3.05) is 249 Å². The second kappa shape index (κ2) is 52.0. The number of hydrogen-bond acceptors (Lipinski definition) is 31. The van der Waals surface area contributed by atoms with Crippen molar-refractivity contribution in [2.24, 2.45) is 5.41 Å². The predicted octanol–water partition coefficient (Wildman–Crippen LogP) is -8.56. The first-order chi connectivity index (χ1) is 48.4. The van der Waals surface area contributed by atoms with Crippen molar-refractivity contribution in [3.8, 4) is 0 Å². The highest BCUT2D eigenvalue weighted by Crippen LogP contribution is 2.25. The van der Waals surface area contributed by atoms with Crippen LogP contribution in [-0.2, 0) is 57.5 Å². The molecular formula is C61H113N13O30. The standard InChI is InChI=1S/C61H113N13O30/c1-5-61(4,74(41-58(101)102)42-59(103)104)6-7-62(15-23-68(30-47(79)80)31-48(81)82)12-19-66(28-45(75)76)20-13-64(14-21-67(29-46(77)78)22-26-71(36-53(91)92)37-54(93)94)10-8-63(18-27-72(38-55(95)96)43-60(2,3)44-73(39-56(97)98)40-57(99)100)9-11-65(16-24-69(32-49(83)84)33-50(85)86)17-25-70(34-51(87)88)35-52(89)90/h49,53,56,83-84,91-92,97-98H,5-44H2,1-4H3,(H,75,76)(H,77,78)(H,79,80)(H,81,82)(H,85,86)(H,87,88)(H,89,90)(H,93,94)(H,95,96)(H,99,100)(H,101,102)(H,103,104). The van der Waals surface area contributed by atoms with Gasteiger partial charge in [-0.3, -0.25) is 116 Å². The Balaban J connectivity index is 8.29. The van der Waals surface area contributed by atoms with E-state index in [0.29, 0.717) is 0 Å². The summed E-state index contributed by atoms with van der Waals surface area (Å²) in [6, 6.07) is 0. The third-order valence-electron chi connectivity index (χ3n) is 16.6. The Labute approximate surface area is 602 Å². The second-order valence-electron chi connectivity index (χ2n) is 26.5. The third-order valence-corrected chi connectivity index (χ3v) is 16.6. The lowest BCUT2D eigenvalue weighted by Crippen LogP contribution is -2.52. The van der Waals surface area contributed by atoms with Gasteiger partial charge in [-0.1, -0.05) is 20.8 Å². The Morgan fingerprint density at radius 2 is 0.423 bits per heavy atom. The van der Waals surface area contributed by atoms with E-state index in [1.807, 2.05) is 9.80 Å².